The summed E-state index contributed by atoms with van der Waals surface area (Å²) >= 11 is 0. The number of benzene rings is 1. The van der Waals surface area contributed by atoms with Crippen molar-refractivity contribution in [2.24, 2.45) is 0 Å². The van der Waals surface area contributed by atoms with Crippen LogP contribution >= 0.6 is 0 Å². The van der Waals surface area contributed by atoms with Crippen LogP contribution < -0.4 is 0 Å². The molecule has 142 valence electrons. The Morgan fingerprint density at radius 1 is 1.15 bits per heavy atom. The number of methoxy groups -OCH3 is 1. The molecule has 1 aromatic rings. The quantitative estimate of drug-likeness (QED) is 0.584. The van der Waals surface area contributed by atoms with Gasteiger partial charge in [-0.05, 0) is 31.6 Å². The average molecular weight is 377 g/mol. The molecule has 3 aliphatic heterocycles. The third-order valence-electron chi connectivity index (χ3n) is 5.13. The lowest BCUT2D eigenvalue weighted by Crippen LogP contribution is -2.68. The third-order valence-corrected chi connectivity index (χ3v) is 6.09. The number of amides is 2. The lowest BCUT2D eigenvalue weighted by Gasteiger charge is -2.48. The first-order valence-electron chi connectivity index (χ1n) is 9.05. The molecule has 2 bridgehead atoms. The van der Waals surface area contributed by atoms with Gasteiger partial charge in [-0.3, -0.25) is 9.59 Å². The number of carbonyl (C=O) groups excluding carboxylic acids is 2. The summed E-state index contributed by atoms with van der Waals surface area (Å²) in [4.78, 5) is 29.6. The number of hydrogen-bond donors (Lipinski definition) is 0. The summed E-state index contributed by atoms with van der Waals surface area (Å²) in [5.74, 6) is -1.23. The predicted octanol–water partition coefficient (Wildman–Crippen LogP) is 2.21. The summed E-state index contributed by atoms with van der Waals surface area (Å²) in [6.45, 7) is 6.59. The number of hydrogen-bond acceptors (Lipinski definition) is 4. The van der Waals surface area contributed by atoms with Gasteiger partial charge in [0.25, 0.3) is 5.91 Å². The van der Waals surface area contributed by atoms with Crippen molar-refractivity contribution < 1.29 is 18.8 Å². The maximum atomic E-state index is 13.2. The molecule has 3 heterocycles. The van der Waals surface area contributed by atoms with Gasteiger partial charge in [0, 0.05) is 27.1 Å². The van der Waals surface area contributed by atoms with Gasteiger partial charge in [0.05, 0.1) is 0 Å². The van der Waals surface area contributed by atoms with Crippen LogP contribution in [0, 0.1) is 0 Å². The molecule has 0 aromatic heterocycles. The van der Waals surface area contributed by atoms with E-state index in [0.29, 0.717) is 19.4 Å². The number of ether oxygens (including phenoxy) is 1. The van der Waals surface area contributed by atoms with E-state index >= 15 is 0 Å². The van der Waals surface area contributed by atoms with Gasteiger partial charge in [0.2, 0.25) is 5.91 Å². The van der Waals surface area contributed by atoms with E-state index < -0.39 is 26.2 Å². The van der Waals surface area contributed by atoms with Crippen molar-refractivity contribution in [3.63, 3.8) is 0 Å². The number of nitrogens with zero attached hydrogens (tertiary/aromatic N) is 2. The van der Waals surface area contributed by atoms with Crippen molar-refractivity contribution in [3.05, 3.63) is 35.9 Å². The van der Waals surface area contributed by atoms with Crippen LogP contribution in [0.5, 0.6) is 0 Å². The predicted molar refractivity (Wildman–Crippen MR) is 101 cm³/mol. The Balaban J connectivity index is 2.06. The lowest BCUT2D eigenvalue weighted by molar-refractivity contribution is -0.218. The molecule has 4 rings (SSSR count). The molecule has 0 spiro atoms. The summed E-state index contributed by atoms with van der Waals surface area (Å²) in [6.07, 6.45) is 1.07. The fourth-order valence-electron chi connectivity index (χ4n) is 4.01. The van der Waals surface area contributed by atoms with Gasteiger partial charge in [-0.25, -0.2) is 0 Å². The van der Waals surface area contributed by atoms with Crippen molar-refractivity contribution in [3.8, 4) is 0 Å². The molecule has 1 aromatic carbocycles. The largest absolute Gasteiger partial charge is 0.389 e. The second-order valence-corrected chi connectivity index (χ2v) is 12.5. The first kappa shape index (κ1) is 19.1. The SMILES string of the molecule is COC1(O[Si](C)(C)C)CCC2C(=O)N(Cc3ccccc3)C1C(=O)N2C. The van der Waals surface area contributed by atoms with Crippen molar-refractivity contribution in [2.75, 3.05) is 14.2 Å². The number of piperazine rings is 1. The monoisotopic (exact) mass is 376 g/mol. The van der Waals surface area contributed by atoms with Crippen molar-refractivity contribution >= 4 is 20.1 Å². The molecule has 3 atom stereocenters. The Hall–Kier alpha value is -1.70. The van der Waals surface area contributed by atoms with Gasteiger partial charge >= 0.3 is 0 Å². The molecule has 0 aliphatic carbocycles. The van der Waals surface area contributed by atoms with Crippen LogP contribution in [0.25, 0.3) is 0 Å². The molecule has 3 unspecified atom stereocenters. The first-order chi connectivity index (χ1) is 12.2. The highest BCUT2D eigenvalue weighted by Gasteiger charge is 2.59. The standard InChI is InChI=1S/C19H28N2O4Si/c1-20-15-11-12-19(24-2,25-26(3,4)5)16(18(20)23)21(17(15)22)13-14-9-7-6-8-10-14/h6-10,15-16H,11-13H2,1-5H3. The Morgan fingerprint density at radius 2 is 1.81 bits per heavy atom. The molecule has 3 saturated heterocycles. The van der Waals surface area contributed by atoms with E-state index in [4.69, 9.17) is 9.16 Å². The second kappa shape index (κ2) is 6.79. The Bertz CT molecular complexity index is 691. The van der Waals surface area contributed by atoms with E-state index in [1.54, 1.807) is 24.0 Å². The van der Waals surface area contributed by atoms with E-state index in [2.05, 4.69) is 19.6 Å². The minimum absolute atomic E-state index is 0.0287. The highest BCUT2D eigenvalue weighted by Crippen LogP contribution is 2.40. The van der Waals surface area contributed by atoms with Crippen LogP contribution in [-0.2, 0) is 25.3 Å². The molecular weight excluding hydrogens is 348 g/mol. The topological polar surface area (TPSA) is 59.1 Å². The Labute approximate surface area is 156 Å². The zero-order valence-corrected chi connectivity index (χ0v) is 17.2. The second-order valence-electron chi connectivity index (χ2n) is 8.09. The van der Waals surface area contributed by atoms with Crippen molar-refractivity contribution in [1.29, 1.82) is 0 Å². The first-order valence-corrected chi connectivity index (χ1v) is 12.5. The Kier molecular flexibility index (Phi) is 4.98. The summed E-state index contributed by atoms with van der Waals surface area (Å²) < 4.78 is 12.3. The maximum absolute atomic E-state index is 13.2. The van der Waals surface area contributed by atoms with Crippen molar-refractivity contribution in [2.45, 2.75) is 56.9 Å². The molecule has 7 heteroatoms. The van der Waals surface area contributed by atoms with Crippen LogP contribution in [-0.4, -0.2) is 62.0 Å². The molecule has 3 fully saturated rings. The zero-order valence-electron chi connectivity index (χ0n) is 16.2. The average Bonchev–Trinajstić information content (AvgIpc) is 2.75. The van der Waals surface area contributed by atoms with Crippen LogP contribution in [0.15, 0.2) is 30.3 Å². The molecule has 3 aliphatic rings. The van der Waals surface area contributed by atoms with E-state index in [0.717, 1.165) is 5.56 Å². The van der Waals surface area contributed by atoms with E-state index in [1.807, 2.05) is 30.3 Å². The van der Waals surface area contributed by atoms with E-state index in [9.17, 15) is 9.59 Å². The smallest absolute Gasteiger partial charge is 0.251 e. The van der Waals surface area contributed by atoms with Gasteiger partial charge < -0.3 is 19.0 Å². The fourth-order valence-corrected chi connectivity index (χ4v) is 5.34. The fraction of sp³-hybridized carbons (Fsp3) is 0.579. The molecule has 0 saturated carbocycles. The lowest BCUT2D eigenvalue weighted by atomic mass is 10.0. The normalized spacial score (nSPS) is 29.3. The van der Waals surface area contributed by atoms with E-state index in [-0.39, 0.29) is 11.8 Å². The molecule has 6 nitrogen and oxygen atoms in total. The maximum Gasteiger partial charge on any atom is 0.251 e. The zero-order chi connectivity index (χ0) is 19.1. The minimum Gasteiger partial charge on any atom is -0.389 e. The highest BCUT2D eigenvalue weighted by molar-refractivity contribution is 6.69. The summed E-state index contributed by atoms with van der Waals surface area (Å²) in [7, 11) is 1.26. The molecule has 26 heavy (non-hydrogen) atoms. The van der Waals surface area contributed by atoms with Crippen LogP contribution in [0.4, 0.5) is 0 Å². The summed E-state index contributed by atoms with van der Waals surface area (Å²) in [6, 6.07) is 8.52. The number of rotatable bonds is 5. The van der Waals surface area contributed by atoms with Crippen LogP contribution in [0.2, 0.25) is 19.6 Å². The molecule has 2 amide bonds. The van der Waals surface area contributed by atoms with Gasteiger partial charge in [-0.15, -0.1) is 0 Å². The van der Waals surface area contributed by atoms with Crippen molar-refractivity contribution in [1.82, 2.24) is 9.80 Å². The highest BCUT2D eigenvalue weighted by atomic mass is 28.4. The number of likely N-dealkylation sites (N-methyl/N-ethyl adjacent to an activating group) is 1. The molecule has 0 N–H and O–H groups in total. The van der Waals surface area contributed by atoms with Gasteiger partial charge in [0.15, 0.2) is 20.1 Å². The summed E-state index contributed by atoms with van der Waals surface area (Å²) in [5.41, 5.74) is 0.988. The molecule has 0 radical (unpaired) electrons. The number of carbonyl (C=O) groups is 2. The molecular formula is C19H28N2O4Si. The summed E-state index contributed by atoms with van der Waals surface area (Å²) in [5, 5.41) is 0. The third kappa shape index (κ3) is 3.31. The number of fused-ring (bicyclic) bond motifs is 4. The Morgan fingerprint density at radius 3 is 2.38 bits per heavy atom. The van der Waals surface area contributed by atoms with E-state index in [1.165, 1.54) is 0 Å². The van der Waals surface area contributed by atoms with Gasteiger partial charge in [0.1, 0.15) is 6.04 Å². The van der Waals surface area contributed by atoms with Gasteiger partial charge in [-0.1, -0.05) is 30.3 Å². The van der Waals surface area contributed by atoms with Crippen LogP contribution in [0.1, 0.15) is 18.4 Å². The minimum atomic E-state index is -2.03. The van der Waals surface area contributed by atoms with Crippen LogP contribution in [0.3, 0.4) is 0 Å². The van der Waals surface area contributed by atoms with Gasteiger partial charge in [-0.2, -0.15) is 0 Å².